The first-order valence-corrected chi connectivity index (χ1v) is 3.62. The summed E-state index contributed by atoms with van der Waals surface area (Å²) in [5, 5.41) is 0. The lowest BCUT2D eigenvalue weighted by atomic mass is 10.1. The van der Waals surface area contributed by atoms with Crippen LogP contribution in [0, 0.1) is 0 Å². The normalized spacial score (nSPS) is 9.33. The highest BCUT2D eigenvalue weighted by Gasteiger charge is 1.97. The number of rotatable bonds is 2. The highest BCUT2D eigenvalue weighted by Crippen LogP contribution is 2.21. The number of allylic oxidation sites excluding steroid dienone is 2. The number of nitrogens with two attached hydrogens (primary N) is 2. The van der Waals surface area contributed by atoms with Crippen LogP contribution in [-0.4, -0.2) is 0 Å². The van der Waals surface area contributed by atoms with Gasteiger partial charge in [-0.25, -0.2) is 0 Å². The van der Waals surface area contributed by atoms with Crippen molar-refractivity contribution < 1.29 is 0 Å². The topological polar surface area (TPSA) is 52.0 Å². The molecule has 0 saturated carbocycles. The molecule has 62 valence electrons. The van der Waals surface area contributed by atoms with Crippen LogP contribution < -0.4 is 11.5 Å². The van der Waals surface area contributed by atoms with Crippen molar-refractivity contribution in [3.8, 4) is 0 Å². The van der Waals surface area contributed by atoms with Crippen LogP contribution in [-0.2, 0) is 0 Å². The molecule has 1 rings (SSSR count). The Balaban J connectivity index is 3.13. The SMILES string of the molecule is C=CC(=C)c1ccc(N)c(N)c1. The number of nitrogen functional groups attached to an aromatic ring is 2. The summed E-state index contributed by atoms with van der Waals surface area (Å²) in [4.78, 5) is 0. The maximum Gasteiger partial charge on any atom is 0.0554 e. The van der Waals surface area contributed by atoms with Crippen LogP contribution in [0.2, 0.25) is 0 Å². The number of hydrogen-bond acceptors (Lipinski definition) is 2. The molecule has 2 heteroatoms. The smallest absolute Gasteiger partial charge is 0.0554 e. The highest BCUT2D eigenvalue weighted by molar-refractivity contribution is 5.77. The van der Waals surface area contributed by atoms with Crippen molar-refractivity contribution in [2.75, 3.05) is 11.5 Å². The third-order valence-corrected chi connectivity index (χ3v) is 1.70. The lowest BCUT2D eigenvalue weighted by Crippen LogP contribution is -1.94. The average Bonchev–Trinajstić information content (AvgIpc) is 2.08. The van der Waals surface area contributed by atoms with E-state index in [0.717, 1.165) is 11.1 Å². The molecular formula is C10H12N2. The first kappa shape index (κ1) is 8.40. The molecule has 0 radical (unpaired) electrons. The van der Waals surface area contributed by atoms with Gasteiger partial charge >= 0.3 is 0 Å². The number of hydrogen-bond donors (Lipinski definition) is 2. The molecule has 0 unspecified atom stereocenters. The van der Waals surface area contributed by atoms with Gasteiger partial charge in [-0.15, -0.1) is 0 Å². The van der Waals surface area contributed by atoms with E-state index in [0.29, 0.717) is 11.4 Å². The number of anilines is 2. The standard InChI is InChI=1S/C10H12N2/c1-3-7(2)8-4-5-9(11)10(12)6-8/h3-6H,1-2,11-12H2. The summed E-state index contributed by atoms with van der Waals surface area (Å²) in [6.07, 6.45) is 1.69. The van der Waals surface area contributed by atoms with Crippen molar-refractivity contribution in [1.29, 1.82) is 0 Å². The van der Waals surface area contributed by atoms with E-state index in [1.165, 1.54) is 0 Å². The number of benzene rings is 1. The molecule has 0 fully saturated rings. The van der Waals surface area contributed by atoms with Gasteiger partial charge in [0.2, 0.25) is 0 Å². The van der Waals surface area contributed by atoms with Crippen molar-refractivity contribution in [2.24, 2.45) is 0 Å². The third-order valence-electron chi connectivity index (χ3n) is 1.70. The van der Waals surface area contributed by atoms with E-state index in [1.807, 2.05) is 6.07 Å². The fourth-order valence-corrected chi connectivity index (χ4v) is 0.892. The highest BCUT2D eigenvalue weighted by atomic mass is 14.7. The molecule has 1 aromatic rings. The summed E-state index contributed by atoms with van der Waals surface area (Å²) >= 11 is 0. The molecule has 0 aromatic heterocycles. The molecule has 0 aliphatic carbocycles. The van der Waals surface area contributed by atoms with Gasteiger partial charge in [0, 0.05) is 0 Å². The zero-order valence-electron chi connectivity index (χ0n) is 6.88. The molecular weight excluding hydrogens is 148 g/mol. The minimum absolute atomic E-state index is 0.579. The van der Waals surface area contributed by atoms with Gasteiger partial charge in [0.15, 0.2) is 0 Å². The van der Waals surface area contributed by atoms with Crippen molar-refractivity contribution in [3.63, 3.8) is 0 Å². The van der Waals surface area contributed by atoms with Gasteiger partial charge in [0.1, 0.15) is 0 Å². The summed E-state index contributed by atoms with van der Waals surface area (Å²) in [5.74, 6) is 0. The van der Waals surface area contributed by atoms with Crippen LogP contribution in [0.15, 0.2) is 37.4 Å². The molecule has 0 atom stereocenters. The van der Waals surface area contributed by atoms with Gasteiger partial charge in [0.25, 0.3) is 0 Å². The second kappa shape index (κ2) is 3.13. The molecule has 0 spiro atoms. The summed E-state index contributed by atoms with van der Waals surface area (Å²) in [6, 6.07) is 5.43. The summed E-state index contributed by atoms with van der Waals surface area (Å²) in [5.41, 5.74) is 14.1. The Bertz CT molecular complexity index is 327. The lowest BCUT2D eigenvalue weighted by molar-refractivity contribution is 1.61. The molecule has 0 amide bonds. The largest absolute Gasteiger partial charge is 0.397 e. The van der Waals surface area contributed by atoms with Crippen LogP contribution in [0.1, 0.15) is 5.56 Å². The van der Waals surface area contributed by atoms with Crippen molar-refractivity contribution in [1.82, 2.24) is 0 Å². The van der Waals surface area contributed by atoms with Crippen molar-refractivity contribution in [3.05, 3.63) is 43.0 Å². The van der Waals surface area contributed by atoms with Crippen molar-refractivity contribution in [2.45, 2.75) is 0 Å². The molecule has 0 heterocycles. The van der Waals surface area contributed by atoms with Crippen LogP contribution >= 0.6 is 0 Å². The maximum atomic E-state index is 5.61. The minimum Gasteiger partial charge on any atom is -0.397 e. The quantitative estimate of drug-likeness (QED) is 0.514. The molecule has 1 aromatic carbocycles. The third kappa shape index (κ3) is 1.48. The summed E-state index contributed by atoms with van der Waals surface area (Å²) in [6.45, 7) is 7.42. The van der Waals surface area contributed by atoms with Gasteiger partial charge in [-0.05, 0) is 23.3 Å². The van der Waals surface area contributed by atoms with Crippen LogP contribution in [0.5, 0.6) is 0 Å². The fraction of sp³-hybridized carbons (Fsp3) is 0. The van der Waals surface area contributed by atoms with E-state index in [-0.39, 0.29) is 0 Å². The molecule has 0 aliphatic rings. The van der Waals surface area contributed by atoms with Crippen molar-refractivity contribution >= 4 is 16.9 Å². The Labute approximate surface area is 72.2 Å². The van der Waals surface area contributed by atoms with E-state index >= 15 is 0 Å². The monoisotopic (exact) mass is 160 g/mol. The first-order valence-electron chi connectivity index (χ1n) is 3.62. The molecule has 4 N–H and O–H groups in total. The van der Waals surface area contributed by atoms with E-state index in [1.54, 1.807) is 18.2 Å². The van der Waals surface area contributed by atoms with Gasteiger partial charge in [0.05, 0.1) is 11.4 Å². The molecule has 0 aliphatic heterocycles. The van der Waals surface area contributed by atoms with Crippen LogP contribution in [0.3, 0.4) is 0 Å². The van der Waals surface area contributed by atoms with Gasteiger partial charge in [-0.3, -0.25) is 0 Å². The Hall–Kier alpha value is -1.70. The second-order valence-electron chi connectivity index (χ2n) is 2.57. The molecule has 0 bridgehead atoms. The van der Waals surface area contributed by atoms with Gasteiger partial charge < -0.3 is 11.5 Å². The minimum atomic E-state index is 0.579. The van der Waals surface area contributed by atoms with Gasteiger partial charge in [-0.1, -0.05) is 25.3 Å². The lowest BCUT2D eigenvalue weighted by Gasteiger charge is -2.03. The fourth-order valence-electron chi connectivity index (χ4n) is 0.892. The Kier molecular flexibility index (Phi) is 2.19. The predicted octanol–water partition coefficient (Wildman–Crippen LogP) is 2.05. The first-order chi connectivity index (χ1) is 5.65. The second-order valence-corrected chi connectivity index (χ2v) is 2.57. The van der Waals surface area contributed by atoms with E-state index in [2.05, 4.69) is 13.2 Å². The zero-order valence-corrected chi connectivity index (χ0v) is 6.88. The van der Waals surface area contributed by atoms with E-state index in [9.17, 15) is 0 Å². The van der Waals surface area contributed by atoms with E-state index in [4.69, 9.17) is 11.5 Å². The Morgan fingerprint density at radius 2 is 1.92 bits per heavy atom. The average molecular weight is 160 g/mol. The van der Waals surface area contributed by atoms with Crippen LogP contribution in [0.4, 0.5) is 11.4 Å². The van der Waals surface area contributed by atoms with E-state index < -0.39 is 0 Å². The summed E-state index contributed by atoms with van der Waals surface area (Å²) in [7, 11) is 0. The summed E-state index contributed by atoms with van der Waals surface area (Å²) < 4.78 is 0. The predicted molar refractivity (Wildman–Crippen MR) is 54.5 cm³/mol. The zero-order chi connectivity index (χ0) is 9.14. The molecule has 2 nitrogen and oxygen atoms in total. The molecule has 12 heavy (non-hydrogen) atoms. The Morgan fingerprint density at radius 1 is 1.25 bits per heavy atom. The van der Waals surface area contributed by atoms with Gasteiger partial charge in [-0.2, -0.15) is 0 Å². The maximum absolute atomic E-state index is 5.61. The molecule has 0 saturated heterocycles. The van der Waals surface area contributed by atoms with Crippen LogP contribution in [0.25, 0.3) is 5.57 Å². The Morgan fingerprint density at radius 3 is 2.42 bits per heavy atom.